The molecule has 2 saturated heterocycles. The Morgan fingerprint density at radius 2 is 1.91 bits per heavy atom. The molecule has 0 radical (unpaired) electrons. The fourth-order valence-corrected chi connectivity index (χ4v) is 6.76. The van der Waals surface area contributed by atoms with Crippen LogP contribution < -0.4 is 10.9 Å². The Hall–Kier alpha value is -2.29. The Bertz CT molecular complexity index is 1010. The van der Waals surface area contributed by atoms with E-state index in [1.807, 2.05) is 35.5 Å². The monoisotopic (exact) mass is 484 g/mol. The second kappa shape index (κ2) is 10.1. The average Bonchev–Trinajstić information content (AvgIpc) is 3.61. The summed E-state index contributed by atoms with van der Waals surface area (Å²) in [5, 5.41) is 1.90. The molecular weight excluding hydrogens is 451 g/mol. The van der Waals surface area contributed by atoms with Gasteiger partial charge in [0.15, 0.2) is 0 Å². The molecule has 0 bridgehead atoms. The highest BCUT2D eigenvalue weighted by Crippen LogP contribution is 2.34. The summed E-state index contributed by atoms with van der Waals surface area (Å²) in [4.78, 5) is 30.9. The summed E-state index contributed by atoms with van der Waals surface area (Å²) in [5.41, 5.74) is 7.19. The molecular formula is C26H33FN4O2S. The van der Waals surface area contributed by atoms with E-state index in [2.05, 4.69) is 10.9 Å². The van der Waals surface area contributed by atoms with Gasteiger partial charge in [0.1, 0.15) is 11.9 Å². The number of fused-ring (bicyclic) bond motifs is 1. The highest BCUT2D eigenvalue weighted by atomic mass is 32.1. The molecule has 3 aliphatic rings. The Labute approximate surface area is 204 Å². The lowest BCUT2D eigenvalue weighted by Crippen LogP contribution is -2.52. The van der Waals surface area contributed by atoms with Crippen molar-refractivity contribution >= 4 is 23.2 Å². The molecule has 1 aromatic carbocycles. The lowest BCUT2D eigenvalue weighted by molar-refractivity contribution is -0.135. The molecule has 182 valence electrons. The first kappa shape index (κ1) is 23.5. The van der Waals surface area contributed by atoms with Crippen molar-refractivity contribution in [2.75, 3.05) is 20.1 Å². The fourth-order valence-electron chi connectivity index (χ4n) is 6.05. The van der Waals surface area contributed by atoms with Crippen LogP contribution in [0.4, 0.5) is 4.39 Å². The molecule has 2 amide bonds. The zero-order valence-corrected chi connectivity index (χ0v) is 20.4. The summed E-state index contributed by atoms with van der Waals surface area (Å²) in [6, 6.07) is 10.7. The number of hydrazine groups is 1. The Morgan fingerprint density at radius 3 is 2.65 bits per heavy atom. The summed E-state index contributed by atoms with van der Waals surface area (Å²) >= 11 is 1.43. The second-order valence-corrected chi connectivity index (χ2v) is 10.8. The number of thiophene rings is 1. The third-order valence-electron chi connectivity index (χ3n) is 8.02. The number of nitrogens with one attached hydrogen (secondary N) is 2. The topological polar surface area (TPSA) is 64.7 Å². The first-order valence-electron chi connectivity index (χ1n) is 12.4. The van der Waals surface area contributed by atoms with Crippen molar-refractivity contribution in [2.24, 2.45) is 11.8 Å². The zero-order valence-electron chi connectivity index (χ0n) is 19.6. The number of piperidine rings is 1. The van der Waals surface area contributed by atoms with Gasteiger partial charge in [-0.05, 0) is 61.1 Å². The van der Waals surface area contributed by atoms with Crippen LogP contribution in [-0.2, 0) is 11.2 Å². The number of halogens is 1. The van der Waals surface area contributed by atoms with Crippen LogP contribution in [-0.4, -0.2) is 59.9 Å². The molecule has 34 heavy (non-hydrogen) atoms. The van der Waals surface area contributed by atoms with Gasteiger partial charge in [0.25, 0.3) is 5.91 Å². The number of hydrogen-bond acceptors (Lipinski definition) is 5. The molecule has 1 saturated carbocycles. The third-order valence-corrected chi connectivity index (χ3v) is 8.88. The van der Waals surface area contributed by atoms with Gasteiger partial charge in [0.2, 0.25) is 5.91 Å². The van der Waals surface area contributed by atoms with E-state index in [0.717, 1.165) is 25.7 Å². The van der Waals surface area contributed by atoms with Gasteiger partial charge in [-0.3, -0.25) is 15.0 Å². The number of carbonyl (C=O) groups excluding carboxylic acids is 2. The summed E-state index contributed by atoms with van der Waals surface area (Å²) < 4.78 is 14.5. The molecule has 3 heterocycles. The maximum Gasteiger partial charge on any atom is 0.263 e. The van der Waals surface area contributed by atoms with Gasteiger partial charge in [-0.15, -0.1) is 11.3 Å². The van der Waals surface area contributed by atoms with Crippen LogP contribution in [0.5, 0.6) is 0 Å². The Kier molecular flexibility index (Phi) is 6.99. The zero-order chi connectivity index (χ0) is 23.7. The molecule has 6 nitrogen and oxygen atoms in total. The van der Waals surface area contributed by atoms with E-state index in [9.17, 15) is 14.0 Å². The number of benzene rings is 1. The summed E-state index contributed by atoms with van der Waals surface area (Å²) in [7, 11) is 1.83. The van der Waals surface area contributed by atoms with Gasteiger partial charge >= 0.3 is 0 Å². The van der Waals surface area contributed by atoms with Crippen molar-refractivity contribution in [3.8, 4) is 0 Å². The molecule has 2 aliphatic heterocycles. The van der Waals surface area contributed by atoms with Crippen LogP contribution in [0, 0.1) is 17.7 Å². The van der Waals surface area contributed by atoms with Crippen molar-refractivity contribution in [1.82, 2.24) is 20.7 Å². The molecule has 4 atom stereocenters. The van der Waals surface area contributed by atoms with Crippen molar-refractivity contribution in [2.45, 2.75) is 56.7 Å². The first-order chi connectivity index (χ1) is 16.5. The van der Waals surface area contributed by atoms with Crippen LogP contribution in [0.2, 0.25) is 0 Å². The van der Waals surface area contributed by atoms with E-state index in [4.69, 9.17) is 0 Å². The number of rotatable bonds is 6. The largest absolute Gasteiger partial charge is 0.341 e. The predicted molar refractivity (Wildman–Crippen MR) is 131 cm³/mol. The van der Waals surface area contributed by atoms with Crippen molar-refractivity contribution in [3.05, 3.63) is 58.0 Å². The molecule has 3 fully saturated rings. The van der Waals surface area contributed by atoms with Crippen LogP contribution in [0.25, 0.3) is 0 Å². The van der Waals surface area contributed by atoms with Crippen molar-refractivity contribution in [3.63, 3.8) is 0 Å². The summed E-state index contributed by atoms with van der Waals surface area (Å²) in [6.07, 6.45) is 5.49. The SMILES string of the molecule is CN(C(=O)c1cccs1)C(Cc1ccccc1F)C1CCN(C(=O)C2NNC3CCCC32)CC1. The number of nitrogens with zero attached hydrogens (tertiary/aromatic N) is 2. The minimum absolute atomic E-state index is 0.0247. The number of carbonyl (C=O) groups is 2. The van der Waals surface area contributed by atoms with E-state index < -0.39 is 0 Å². The van der Waals surface area contributed by atoms with Gasteiger partial charge < -0.3 is 9.80 Å². The summed E-state index contributed by atoms with van der Waals surface area (Å²) in [6.45, 7) is 1.35. The molecule has 5 rings (SSSR count). The van der Waals surface area contributed by atoms with Crippen LogP contribution in [0.1, 0.15) is 47.3 Å². The van der Waals surface area contributed by atoms with Gasteiger partial charge in [-0.1, -0.05) is 30.7 Å². The molecule has 1 aromatic heterocycles. The quantitative estimate of drug-likeness (QED) is 0.659. The van der Waals surface area contributed by atoms with E-state index in [-0.39, 0.29) is 35.6 Å². The van der Waals surface area contributed by atoms with Crippen molar-refractivity contribution in [1.29, 1.82) is 0 Å². The Balaban J connectivity index is 1.28. The number of likely N-dealkylation sites (N-methyl/N-ethyl adjacent to an activating group) is 1. The molecule has 2 aromatic rings. The van der Waals surface area contributed by atoms with Crippen LogP contribution in [0.3, 0.4) is 0 Å². The minimum Gasteiger partial charge on any atom is -0.341 e. The third kappa shape index (κ3) is 4.63. The highest BCUT2D eigenvalue weighted by Gasteiger charge is 2.44. The number of likely N-dealkylation sites (tertiary alicyclic amines) is 1. The Morgan fingerprint density at radius 1 is 1.12 bits per heavy atom. The first-order valence-corrected chi connectivity index (χ1v) is 13.2. The van der Waals surface area contributed by atoms with Gasteiger partial charge in [0.05, 0.1) is 4.88 Å². The lowest BCUT2D eigenvalue weighted by atomic mass is 9.84. The maximum absolute atomic E-state index is 14.5. The van der Waals surface area contributed by atoms with Gasteiger partial charge in [-0.25, -0.2) is 9.82 Å². The van der Waals surface area contributed by atoms with Crippen LogP contribution >= 0.6 is 11.3 Å². The standard InChI is InChI=1S/C26H33FN4O2S/c1-30(25(32)23-10-5-15-34-23)22(16-18-6-2-3-8-20(18)27)17-11-13-31(14-12-17)26(33)24-19-7-4-9-21(19)28-29-24/h2-3,5-6,8,10,15,17,19,21-22,24,28-29H,4,7,9,11-14,16H2,1H3. The van der Waals surface area contributed by atoms with E-state index in [1.165, 1.54) is 23.8 Å². The lowest BCUT2D eigenvalue weighted by Gasteiger charge is -2.41. The maximum atomic E-state index is 14.5. The number of hydrogen-bond donors (Lipinski definition) is 2. The average molecular weight is 485 g/mol. The molecule has 2 N–H and O–H groups in total. The van der Waals surface area contributed by atoms with E-state index >= 15 is 0 Å². The normalized spacial score (nSPS) is 25.8. The van der Waals surface area contributed by atoms with E-state index in [1.54, 1.807) is 17.0 Å². The highest BCUT2D eigenvalue weighted by molar-refractivity contribution is 7.12. The second-order valence-electron chi connectivity index (χ2n) is 9.89. The smallest absolute Gasteiger partial charge is 0.263 e. The van der Waals surface area contributed by atoms with Gasteiger partial charge in [0, 0.05) is 38.1 Å². The molecule has 4 unspecified atom stereocenters. The molecule has 0 spiro atoms. The molecule has 8 heteroatoms. The minimum atomic E-state index is -0.233. The van der Waals surface area contributed by atoms with E-state index in [0.29, 0.717) is 41.9 Å². The van der Waals surface area contributed by atoms with Crippen LogP contribution in [0.15, 0.2) is 41.8 Å². The fraction of sp³-hybridized carbons (Fsp3) is 0.538. The van der Waals surface area contributed by atoms with Crippen molar-refractivity contribution < 1.29 is 14.0 Å². The number of amides is 2. The van der Waals surface area contributed by atoms with Gasteiger partial charge in [-0.2, -0.15) is 0 Å². The molecule has 1 aliphatic carbocycles. The predicted octanol–water partition coefficient (Wildman–Crippen LogP) is 3.45. The summed E-state index contributed by atoms with van der Waals surface area (Å²) in [5.74, 6) is 0.514.